The minimum Gasteiger partial charge on any atom is -0.305 e. The first-order valence-electron chi connectivity index (χ1n) is 9.24. The summed E-state index contributed by atoms with van der Waals surface area (Å²) >= 11 is 1.77. The molecule has 1 aromatic heterocycles. The number of aromatic nitrogens is 2. The van der Waals surface area contributed by atoms with E-state index in [1.54, 1.807) is 11.8 Å². The van der Waals surface area contributed by atoms with Gasteiger partial charge in [-0.2, -0.15) is 0 Å². The third kappa shape index (κ3) is 3.62. The molecule has 0 saturated heterocycles. The Bertz CT molecular complexity index is 890. The molecule has 0 radical (unpaired) electrons. The standard InChI is InChI=1S/C20H24N4OS/c1-26-18-8-3-2-6-14(18)12-24-11-9-16-15(13-24)20(25)23-19(22-16)17-7-4-5-10-21-17/h2-3,6,8H,4-5,7,9-13H2,1H3,(H,22,23,25). The van der Waals surface area contributed by atoms with Crippen LogP contribution in [0.4, 0.5) is 0 Å². The van der Waals surface area contributed by atoms with Gasteiger partial charge >= 0.3 is 0 Å². The average Bonchev–Trinajstić information content (AvgIpc) is 2.69. The zero-order valence-electron chi connectivity index (χ0n) is 15.1. The molecule has 0 aliphatic carbocycles. The number of aliphatic imine (C=N–C) groups is 1. The Balaban J connectivity index is 1.55. The molecule has 0 fully saturated rings. The molecule has 2 aromatic rings. The maximum Gasteiger partial charge on any atom is 0.255 e. The fourth-order valence-electron chi connectivity index (χ4n) is 3.72. The number of benzene rings is 1. The van der Waals surface area contributed by atoms with Gasteiger partial charge in [0.1, 0.15) is 0 Å². The van der Waals surface area contributed by atoms with Crippen LogP contribution in [0.5, 0.6) is 0 Å². The molecular weight excluding hydrogens is 344 g/mol. The van der Waals surface area contributed by atoms with E-state index in [0.29, 0.717) is 12.4 Å². The maximum atomic E-state index is 12.7. The summed E-state index contributed by atoms with van der Waals surface area (Å²) in [4.78, 5) is 28.6. The molecule has 0 bridgehead atoms. The van der Waals surface area contributed by atoms with Crippen LogP contribution in [0.15, 0.2) is 38.9 Å². The van der Waals surface area contributed by atoms with Gasteiger partial charge in [-0.3, -0.25) is 14.7 Å². The molecule has 0 spiro atoms. The van der Waals surface area contributed by atoms with E-state index in [9.17, 15) is 4.79 Å². The topological polar surface area (TPSA) is 61.4 Å². The van der Waals surface area contributed by atoms with Crippen molar-refractivity contribution in [3.63, 3.8) is 0 Å². The molecule has 1 N–H and O–H groups in total. The van der Waals surface area contributed by atoms with Crippen molar-refractivity contribution in [3.8, 4) is 0 Å². The first-order valence-corrected chi connectivity index (χ1v) is 10.5. The molecule has 6 heteroatoms. The molecular formula is C20H24N4OS. The second-order valence-electron chi connectivity index (χ2n) is 6.90. The molecule has 26 heavy (non-hydrogen) atoms. The van der Waals surface area contributed by atoms with Gasteiger partial charge in [0.15, 0.2) is 5.82 Å². The van der Waals surface area contributed by atoms with Crippen molar-refractivity contribution in [2.45, 2.75) is 43.7 Å². The lowest BCUT2D eigenvalue weighted by atomic mass is 10.0. The lowest BCUT2D eigenvalue weighted by molar-refractivity contribution is 0.240. The fourth-order valence-corrected chi connectivity index (χ4v) is 4.33. The predicted molar refractivity (Wildman–Crippen MR) is 106 cm³/mol. The third-order valence-electron chi connectivity index (χ3n) is 5.13. The van der Waals surface area contributed by atoms with Gasteiger partial charge in [0.05, 0.1) is 17.0 Å². The molecule has 4 rings (SSSR count). The third-order valence-corrected chi connectivity index (χ3v) is 5.97. The smallest absolute Gasteiger partial charge is 0.255 e. The van der Waals surface area contributed by atoms with Gasteiger partial charge in [-0.15, -0.1) is 11.8 Å². The molecule has 2 aliphatic heterocycles. The Morgan fingerprint density at radius 1 is 1.23 bits per heavy atom. The second-order valence-corrected chi connectivity index (χ2v) is 7.75. The number of rotatable bonds is 4. The number of hydrogen-bond donors (Lipinski definition) is 1. The van der Waals surface area contributed by atoms with E-state index in [4.69, 9.17) is 4.98 Å². The first kappa shape index (κ1) is 17.5. The summed E-state index contributed by atoms with van der Waals surface area (Å²) < 4.78 is 0. The number of nitrogens with one attached hydrogen (secondary N) is 1. The van der Waals surface area contributed by atoms with Gasteiger partial charge in [0.25, 0.3) is 5.56 Å². The van der Waals surface area contributed by atoms with Crippen LogP contribution in [0.2, 0.25) is 0 Å². The molecule has 0 amide bonds. The summed E-state index contributed by atoms with van der Waals surface area (Å²) in [5.41, 5.74) is 4.05. The highest BCUT2D eigenvalue weighted by Crippen LogP contribution is 2.23. The van der Waals surface area contributed by atoms with Crippen LogP contribution >= 0.6 is 11.8 Å². The number of H-pyrrole nitrogens is 1. The maximum absolute atomic E-state index is 12.7. The molecule has 1 aromatic carbocycles. The van der Waals surface area contributed by atoms with Gasteiger partial charge in [-0.05, 0) is 37.1 Å². The van der Waals surface area contributed by atoms with Crippen molar-refractivity contribution in [1.29, 1.82) is 0 Å². The van der Waals surface area contributed by atoms with E-state index in [1.807, 2.05) is 0 Å². The monoisotopic (exact) mass is 368 g/mol. The number of aromatic amines is 1. The van der Waals surface area contributed by atoms with Crippen LogP contribution in [-0.4, -0.2) is 39.9 Å². The SMILES string of the molecule is CSc1ccccc1CN1CCc2nc(C3=NCCCC3)[nH]c(=O)c2C1. The fraction of sp³-hybridized carbons (Fsp3) is 0.450. The molecule has 136 valence electrons. The first-order chi connectivity index (χ1) is 12.7. The number of nitrogens with zero attached hydrogens (tertiary/aromatic N) is 3. The van der Waals surface area contributed by atoms with Crippen LogP contribution in [0.25, 0.3) is 0 Å². The van der Waals surface area contributed by atoms with Crippen molar-refractivity contribution in [2.24, 2.45) is 4.99 Å². The normalized spacial score (nSPS) is 17.7. The van der Waals surface area contributed by atoms with E-state index in [1.165, 1.54) is 10.5 Å². The van der Waals surface area contributed by atoms with Gasteiger partial charge in [0.2, 0.25) is 0 Å². The summed E-state index contributed by atoms with van der Waals surface area (Å²) in [5.74, 6) is 0.689. The molecule has 0 unspecified atom stereocenters. The van der Waals surface area contributed by atoms with E-state index in [2.05, 4.69) is 45.4 Å². The summed E-state index contributed by atoms with van der Waals surface area (Å²) in [6.07, 6.45) is 6.10. The van der Waals surface area contributed by atoms with Gasteiger partial charge < -0.3 is 4.98 Å². The van der Waals surface area contributed by atoms with Crippen LogP contribution < -0.4 is 5.56 Å². The number of hydrogen-bond acceptors (Lipinski definition) is 5. The highest BCUT2D eigenvalue weighted by molar-refractivity contribution is 7.98. The molecule has 2 aliphatic rings. The zero-order chi connectivity index (χ0) is 17.9. The molecule has 5 nitrogen and oxygen atoms in total. The minimum atomic E-state index is 0.00104. The minimum absolute atomic E-state index is 0.00104. The van der Waals surface area contributed by atoms with Crippen LogP contribution in [-0.2, 0) is 19.5 Å². The second kappa shape index (κ2) is 7.76. The Labute approximate surface area is 158 Å². The quantitative estimate of drug-likeness (QED) is 0.843. The average molecular weight is 369 g/mol. The Morgan fingerprint density at radius 3 is 2.92 bits per heavy atom. The zero-order valence-corrected chi connectivity index (χ0v) is 15.9. The van der Waals surface area contributed by atoms with Crippen molar-refractivity contribution >= 4 is 17.5 Å². The Morgan fingerprint density at radius 2 is 2.12 bits per heavy atom. The van der Waals surface area contributed by atoms with Gasteiger partial charge in [-0.1, -0.05) is 18.2 Å². The number of thioether (sulfide) groups is 1. The van der Waals surface area contributed by atoms with Crippen LogP contribution in [0.3, 0.4) is 0 Å². The van der Waals surface area contributed by atoms with E-state index in [-0.39, 0.29) is 5.56 Å². The Hall–Kier alpha value is -1.92. The summed E-state index contributed by atoms with van der Waals surface area (Å²) in [5, 5.41) is 0. The van der Waals surface area contributed by atoms with Gasteiger partial charge in [0, 0.05) is 37.5 Å². The number of fused-ring (bicyclic) bond motifs is 1. The van der Waals surface area contributed by atoms with E-state index in [0.717, 1.165) is 62.3 Å². The molecule has 3 heterocycles. The van der Waals surface area contributed by atoms with Crippen LogP contribution in [0.1, 0.15) is 41.9 Å². The van der Waals surface area contributed by atoms with Crippen molar-refractivity contribution in [1.82, 2.24) is 14.9 Å². The van der Waals surface area contributed by atoms with Crippen molar-refractivity contribution in [2.75, 3.05) is 19.3 Å². The molecule has 0 saturated carbocycles. The highest BCUT2D eigenvalue weighted by atomic mass is 32.2. The lowest BCUT2D eigenvalue weighted by Crippen LogP contribution is -2.36. The highest BCUT2D eigenvalue weighted by Gasteiger charge is 2.23. The summed E-state index contributed by atoms with van der Waals surface area (Å²) in [6, 6.07) is 8.49. The van der Waals surface area contributed by atoms with Crippen molar-refractivity contribution < 1.29 is 0 Å². The van der Waals surface area contributed by atoms with E-state index < -0.39 is 0 Å². The van der Waals surface area contributed by atoms with Gasteiger partial charge in [-0.25, -0.2) is 4.98 Å². The largest absolute Gasteiger partial charge is 0.305 e. The Kier molecular flexibility index (Phi) is 5.22. The molecule has 0 atom stereocenters. The summed E-state index contributed by atoms with van der Waals surface area (Å²) in [6.45, 7) is 3.30. The van der Waals surface area contributed by atoms with Crippen LogP contribution in [0, 0.1) is 0 Å². The van der Waals surface area contributed by atoms with E-state index >= 15 is 0 Å². The predicted octanol–water partition coefficient (Wildman–Crippen LogP) is 3.02. The lowest BCUT2D eigenvalue weighted by Gasteiger charge is -2.28. The van der Waals surface area contributed by atoms with Crippen molar-refractivity contribution in [3.05, 3.63) is 57.3 Å². The summed E-state index contributed by atoms with van der Waals surface area (Å²) in [7, 11) is 0.